The molecule has 0 bridgehead atoms. The van der Waals surface area contributed by atoms with Gasteiger partial charge in [-0.3, -0.25) is 9.59 Å². The molecule has 0 radical (unpaired) electrons. The summed E-state index contributed by atoms with van der Waals surface area (Å²) in [5.74, 6) is 0.0698. The molecule has 2 amide bonds. The average molecular weight is 448 g/mol. The zero-order valence-electron chi connectivity index (χ0n) is 11.7. The number of carbonyl (C=O) groups excluding carboxylic acids is 2. The number of anilines is 2. The van der Waals surface area contributed by atoms with E-state index in [1.165, 1.54) is 25.4 Å². The molecule has 2 aromatic rings. The van der Waals surface area contributed by atoms with Crippen molar-refractivity contribution in [2.45, 2.75) is 6.92 Å². The van der Waals surface area contributed by atoms with Crippen LogP contribution in [0.3, 0.4) is 0 Å². The molecule has 0 aliphatic rings. The van der Waals surface area contributed by atoms with Crippen molar-refractivity contribution in [3.8, 4) is 5.75 Å². The SMILES string of the molecule is COc1ccc(NC(C)=O)cc1NC(=O)c1cc(Br)c(Br)s1. The number of nitrogens with one attached hydrogen (secondary N) is 2. The number of thiophene rings is 1. The highest BCUT2D eigenvalue weighted by Crippen LogP contribution is 2.34. The van der Waals surface area contributed by atoms with Crippen molar-refractivity contribution in [3.63, 3.8) is 0 Å². The minimum absolute atomic E-state index is 0.187. The lowest BCUT2D eigenvalue weighted by atomic mass is 10.2. The van der Waals surface area contributed by atoms with Crippen LogP contribution in [0.25, 0.3) is 0 Å². The maximum atomic E-state index is 12.3. The van der Waals surface area contributed by atoms with Crippen LogP contribution in [0, 0.1) is 0 Å². The molecule has 2 rings (SSSR count). The molecule has 1 heterocycles. The zero-order valence-corrected chi connectivity index (χ0v) is 15.7. The summed E-state index contributed by atoms with van der Waals surface area (Å²) in [5.41, 5.74) is 1.07. The topological polar surface area (TPSA) is 67.4 Å². The Hall–Kier alpha value is -1.38. The van der Waals surface area contributed by atoms with Gasteiger partial charge in [-0.1, -0.05) is 0 Å². The predicted octanol–water partition coefficient (Wildman–Crippen LogP) is 4.49. The number of rotatable bonds is 4. The second kappa shape index (κ2) is 7.26. The summed E-state index contributed by atoms with van der Waals surface area (Å²) in [6.07, 6.45) is 0. The summed E-state index contributed by atoms with van der Waals surface area (Å²) in [6.45, 7) is 1.42. The molecule has 116 valence electrons. The Balaban J connectivity index is 2.26. The number of hydrogen-bond acceptors (Lipinski definition) is 4. The van der Waals surface area contributed by atoms with Gasteiger partial charge in [0.2, 0.25) is 5.91 Å². The highest BCUT2D eigenvalue weighted by Gasteiger charge is 2.15. The molecule has 0 aliphatic heterocycles. The number of hydrogen-bond donors (Lipinski definition) is 2. The lowest BCUT2D eigenvalue weighted by Crippen LogP contribution is -2.12. The third-order valence-corrected chi connectivity index (χ3v) is 5.89. The highest BCUT2D eigenvalue weighted by molar-refractivity contribution is 9.13. The summed E-state index contributed by atoms with van der Waals surface area (Å²) in [4.78, 5) is 24.0. The molecule has 5 nitrogen and oxygen atoms in total. The van der Waals surface area contributed by atoms with Crippen molar-refractivity contribution in [2.24, 2.45) is 0 Å². The Morgan fingerprint density at radius 3 is 2.45 bits per heavy atom. The zero-order chi connectivity index (χ0) is 16.3. The van der Waals surface area contributed by atoms with Crippen LogP contribution in [0.15, 0.2) is 32.5 Å². The summed E-state index contributed by atoms with van der Waals surface area (Å²) >= 11 is 8.02. The fraction of sp³-hybridized carbons (Fsp3) is 0.143. The van der Waals surface area contributed by atoms with Gasteiger partial charge in [0.15, 0.2) is 0 Å². The fourth-order valence-corrected chi connectivity index (χ4v) is 3.66. The Morgan fingerprint density at radius 2 is 1.91 bits per heavy atom. The highest BCUT2D eigenvalue weighted by atomic mass is 79.9. The van der Waals surface area contributed by atoms with E-state index < -0.39 is 0 Å². The van der Waals surface area contributed by atoms with Crippen molar-refractivity contribution in [3.05, 3.63) is 37.4 Å². The van der Waals surface area contributed by atoms with Gasteiger partial charge in [-0.25, -0.2) is 0 Å². The Morgan fingerprint density at radius 1 is 1.18 bits per heavy atom. The number of ether oxygens (including phenoxy) is 1. The van der Waals surface area contributed by atoms with E-state index in [1.54, 1.807) is 24.3 Å². The van der Waals surface area contributed by atoms with Crippen LogP contribution in [0.5, 0.6) is 5.75 Å². The van der Waals surface area contributed by atoms with Gasteiger partial charge in [0.25, 0.3) is 5.91 Å². The monoisotopic (exact) mass is 446 g/mol. The molecule has 0 atom stereocenters. The third-order valence-electron chi connectivity index (χ3n) is 2.64. The Bertz CT molecular complexity index is 711. The molecule has 0 aliphatic carbocycles. The molecule has 0 unspecified atom stereocenters. The van der Waals surface area contributed by atoms with Crippen molar-refractivity contribution in [1.82, 2.24) is 0 Å². The third kappa shape index (κ3) is 4.08. The lowest BCUT2D eigenvalue weighted by Gasteiger charge is -2.11. The number of amides is 2. The van der Waals surface area contributed by atoms with E-state index in [0.29, 0.717) is 22.0 Å². The van der Waals surface area contributed by atoms with Crippen LogP contribution in [-0.4, -0.2) is 18.9 Å². The first-order chi connectivity index (χ1) is 10.4. The van der Waals surface area contributed by atoms with Gasteiger partial charge in [-0.05, 0) is 56.1 Å². The molecule has 1 aromatic carbocycles. The van der Waals surface area contributed by atoms with Crippen LogP contribution < -0.4 is 15.4 Å². The first kappa shape index (κ1) is 17.0. The normalized spacial score (nSPS) is 10.2. The summed E-state index contributed by atoms with van der Waals surface area (Å²) < 4.78 is 6.89. The largest absolute Gasteiger partial charge is 0.495 e. The predicted molar refractivity (Wildman–Crippen MR) is 95.0 cm³/mol. The van der Waals surface area contributed by atoms with Gasteiger partial charge in [0.1, 0.15) is 5.75 Å². The molecule has 0 spiro atoms. The molecule has 22 heavy (non-hydrogen) atoms. The molecular weight excluding hydrogens is 436 g/mol. The smallest absolute Gasteiger partial charge is 0.265 e. The van der Waals surface area contributed by atoms with Crippen LogP contribution in [-0.2, 0) is 4.79 Å². The van der Waals surface area contributed by atoms with Crippen LogP contribution in [0.1, 0.15) is 16.6 Å². The van der Waals surface area contributed by atoms with Crippen molar-refractivity contribution < 1.29 is 14.3 Å². The van der Waals surface area contributed by atoms with E-state index >= 15 is 0 Å². The first-order valence-electron chi connectivity index (χ1n) is 6.12. The van der Waals surface area contributed by atoms with E-state index in [9.17, 15) is 9.59 Å². The van der Waals surface area contributed by atoms with Crippen LogP contribution in [0.2, 0.25) is 0 Å². The molecule has 1 aromatic heterocycles. The Kier molecular flexibility index (Phi) is 5.60. The lowest BCUT2D eigenvalue weighted by molar-refractivity contribution is -0.114. The second-order valence-corrected chi connectivity index (χ2v) is 7.51. The fourth-order valence-electron chi connectivity index (χ4n) is 1.73. The number of carbonyl (C=O) groups is 2. The van der Waals surface area contributed by atoms with Crippen molar-refractivity contribution in [1.29, 1.82) is 0 Å². The van der Waals surface area contributed by atoms with Gasteiger partial charge >= 0.3 is 0 Å². The second-order valence-electron chi connectivity index (χ2n) is 4.28. The quantitative estimate of drug-likeness (QED) is 0.725. The average Bonchev–Trinajstić information content (AvgIpc) is 2.78. The molecule has 0 saturated carbocycles. The van der Waals surface area contributed by atoms with Gasteiger partial charge < -0.3 is 15.4 Å². The molecule has 0 saturated heterocycles. The van der Waals surface area contributed by atoms with Gasteiger partial charge in [0, 0.05) is 17.1 Å². The number of halogens is 2. The van der Waals surface area contributed by atoms with E-state index in [1.807, 2.05) is 0 Å². The number of benzene rings is 1. The number of methoxy groups -OCH3 is 1. The van der Waals surface area contributed by atoms with E-state index in [-0.39, 0.29) is 11.8 Å². The molecule has 2 N–H and O–H groups in total. The van der Waals surface area contributed by atoms with Crippen LogP contribution >= 0.6 is 43.2 Å². The summed E-state index contributed by atoms with van der Waals surface area (Å²) in [6, 6.07) is 6.76. The van der Waals surface area contributed by atoms with E-state index in [4.69, 9.17) is 4.74 Å². The Labute approximate surface area is 148 Å². The van der Waals surface area contributed by atoms with Crippen molar-refractivity contribution in [2.75, 3.05) is 17.7 Å². The maximum absolute atomic E-state index is 12.3. The van der Waals surface area contributed by atoms with E-state index in [0.717, 1.165) is 8.26 Å². The van der Waals surface area contributed by atoms with Crippen LogP contribution in [0.4, 0.5) is 11.4 Å². The van der Waals surface area contributed by atoms with Gasteiger partial charge in [-0.2, -0.15) is 0 Å². The summed E-state index contributed by atoms with van der Waals surface area (Å²) in [7, 11) is 1.52. The van der Waals surface area contributed by atoms with Gasteiger partial charge in [-0.15, -0.1) is 11.3 Å². The van der Waals surface area contributed by atoms with Gasteiger partial charge in [0.05, 0.1) is 21.5 Å². The van der Waals surface area contributed by atoms with E-state index in [2.05, 4.69) is 42.5 Å². The summed E-state index contributed by atoms with van der Waals surface area (Å²) in [5, 5.41) is 5.45. The molecule has 0 fully saturated rings. The standard InChI is InChI=1S/C14H12Br2N2O3S/c1-7(19)17-8-3-4-11(21-2)10(5-8)18-14(20)12-6-9(15)13(16)22-12/h3-6H,1-2H3,(H,17,19)(H,18,20). The maximum Gasteiger partial charge on any atom is 0.265 e. The molecule has 8 heteroatoms. The molecular formula is C14H12Br2N2O3S. The first-order valence-corrected chi connectivity index (χ1v) is 8.52. The minimum Gasteiger partial charge on any atom is -0.495 e. The minimum atomic E-state index is -0.255. The van der Waals surface area contributed by atoms with Crippen molar-refractivity contribution >= 4 is 66.4 Å².